The fourth-order valence-corrected chi connectivity index (χ4v) is 2.52. The molecule has 0 radical (unpaired) electrons. The van der Waals surface area contributed by atoms with Crippen LogP contribution in [0, 0.1) is 0 Å². The molecular weight excluding hydrogens is 342 g/mol. The van der Waals surface area contributed by atoms with E-state index in [1.165, 1.54) is 6.20 Å². The Labute approximate surface area is 157 Å². The van der Waals surface area contributed by atoms with Gasteiger partial charge in [0.2, 0.25) is 0 Å². The van der Waals surface area contributed by atoms with Gasteiger partial charge in [0.25, 0.3) is 11.8 Å². The second-order valence-corrected chi connectivity index (χ2v) is 5.73. The summed E-state index contributed by atoms with van der Waals surface area (Å²) in [6.45, 7) is -0.211. The maximum absolute atomic E-state index is 12.1. The van der Waals surface area contributed by atoms with Crippen LogP contribution >= 0.6 is 0 Å². The van der Waals surface area contributed by atoms with Crippen LogP contribution in [-0.2, 0) is 9.53 Å². The van der Waals surface area contributed by atoms with Crippen LogP contribution in [0.4, 0.5) is 0 Å². The van der Waals surface area contributed by atoms with Crippen molar-refractivity contribution in [2.75, 3.05) is 6.61 Å². The van der Waals surface area contributed by atoms with Gasteiger partial charge in [-0.25, -0.2) is 0 Å². The molecule has 0 saturated heterocycles. The molecule has 136 valence electrons. The van der Waals surface area contributed by atoms with Crippen LogP contribution in [0.3, 0.4) is 0 Å². The zero-order chi connectivity index (χ0) is 18.9. The van der Waals surface area contributed by atoms with E-state index in [-0.39, 0.29) is 18.4 Å². The molecule has 6 nitrogen and oxygen atoms in total. The number of ether oxygens (including phenoxy) is 1. The molecule has 2 N–H and O–H groups in total. The lowest BCUT2D eigenvalue weighted by Gasteiger charge is -2.19. The molecule has 1 aromatic heterocycles. The van der Waals surface area contributed by atoms with Crippen LogP contribution in [-0.4, -0.2) is 23.4 Å². The average Bonchev–Trinajstić information content (AvgIpc) is 2.74. The molecule has 0 fully saturated rings. The number of nitrogens with one attached hydrogen (secondary N) is 2. The van der Waals surface area contributed by atoms with E-state index >= 15 is 0 Å². The van der Waals surface area contributed by atoms with Crippen molar-refractivity contribution in [2.24, 2.45) is 0 Å². The molecular formula is C21H19N3O3. The lowest BCUT2D eigenvalue weighted by Crippen LogP contribution is -2.43. The number of carbonyl (C=O) groups is 2. The first kappa shape index (κ1) is 18.3. The fraction of sp³-hybridized carbons (Fsp3) is 0.0952. The first-order chi connectivity index (χ1) is 13.2. The molecule has 6 heteroatoms. The maximum atomic E-state index is 12.1. The molecule has 0 aliphatic heterocycles. The van der Waals surface area contributed by atoms with Crippen molar-refractivity contribution >= 4 is 11.8 Å². The number of carbonyl (C=O) groups excluding carboxylic acids is 2. The van der Waals surface area contributed by atoms with E-state index in [2.05, 4.69) is 15.8 Å². The van der Waals surface area contributed by atoms with Crippen LogP contribution in [0.25, 0.3) is 0 Å². The minimum Gasteiger partial charge on any atom is -0.359 e. The van der Waals surface area contributed by atoms with Crippen molar-refractivity contribution in [1.29, 1.82) is 0 Å². The average molecular weight is 361 g/mol. The smallest absolute Gasteiger partial charge is 0.288 e. The molecule has 3 rings (SSSR count). The van der Waals surface area contributed by atoms with Crippen molar-refractivity contribution in [3.63, 3.8) is 0 Å². The van der Waals surface area contributed by atoms with E-state index in [0.29, 0.717) is 0 Å². The van der Waals surface area contributed by atoms with Crippen molar-refractivity contribution < 1.29 is 14.3 Å². The van der Waals surface area contributed by atoms with Gasteiger partial charge < -0.3 is 4.74 Å². The maximum Gasteiger partial charge on any atom is 0.288 e. The van der Waals surface area contributed by atoms with Gasteiger partial charge in [-0.3, -0.25) is 25.4 Å². The Morgan fingerprint density at radius 2 is 1.41 bits per heavy atom. The van der Waals surface area contributed by atoms with Gasteiger partial charge in [-0.2, -0.15) is 0 Å². The monoisotopic (exact) mass is 361 g/mol. The van der Waals surface area contributed by atoms with Gasteiger partial charge in [0, 0.05) is 6.20 Å². The highest BCUT2D eigenvalue weighted by Crippen LogP contribution is 2.25. The molecule has 0 atom stereocenters. The lowest BCUT2D eigenvalue weighted by molar-refractivity contribution is -0.127. The van der Waals surface area contributed by atoms with Gasteiger partial charge >= 0.3 is 0 Å². The Morgan fingerprint density at radius 3 is 1.96 bits per heavy atom. The predicted molar refractivity (Wildman–Crippen MR) is 101 cm³/mol. The number of nitrogens with zero attached hydrogens (tertiary/aromatic N) is 1. The lowest BCUT2D eigenvalue weighted by atomic mass is 10.0. The quantitative estimate of drug-likeness (QED) is 0.662. The first-order valence-electron chi connectivity index (χ1n) is 8.46. The second-order valence-electron chi connectivity index (χ2n) is 5.73. The molecule has 3 aromatic rings. The van der Waals surface area contributed by atoms with Gasteiger partial charge in [-0.1, -0.05) is 66.7 Å². The molecule has 0 aliphatic rings. The molecule has 1 heterocycles. The first-order valence-corrected chi connectivity index (χ1v) is 8.46. The SMILES string of the molecule is O=C(COC(c1ccccc1)c1ccccc1)NNC(=O)c1ccccn1. The van der Waals surface area contributed by atoms with E-state index < -0.39 is 11.8 Å². The molecule has 0 saturated carbocycles. The van der Waals surface area contributed by atoms with Gasteiger partial charge in [0.1, 0.15) is 18.4 Å². The molecule has 0 unspecified atom stereocenters. The van der Waals surface area contributed by atoms with Crippen LogP contribution in [0.2, 0.25) is 0 Å². The van der Waals surface area contributed by atoms with E-state index in [4.69, 9.17) is 4.74 Å². The Kier molecular flexibility index (Phi) is 6.27. The molecule has 0 aliphatic carbocycles. The predicted octanol–water partition coefficient (Wildman–Crippen LogP) is 2.65. The standard InChI is InChI=1S/C21H19N3O3/c25-19(23-24-21(26)18-13-7-8-14-22-18)15-27-20(16-9-3-1-4-10-16)17-11-5-2-6-12-17/h1-14,20H,15H2,(H,23,25)(H,24,26). The summed E-state index contributed by atoms with van der Waals surface area (Å²) in [5.74, 6) is -0.956. The van der Waals surface area contributed by atoms with Gasteiger partial charge in [-0.05, 0) is 23.3 Å². The van der Waals surface area contributed by atoms with Gasteiger partial charge in [0.15, 0.2) is 0 Å². The van der Waals surface area contributed by atoms with Crippen LogP contribution < -0.4 is 10.9 Å². The summed E-state index contributed by atoms with van der Waals surface area (Å²) in [5, 5.41) is 0. The number of aromatic nitrogens is 1. The third-order valence-electron chi connectivity index (χ3n) is 3.80. The highest BCUT2D eigenvalue weighted by Gasteiger charge is 2.16. The minimum atomic E-state index is -0.494. The third-order valence-corrected chi connectivity index (χ3v) is 3.80. The van der Waals surface area contributed by atoms with E-state index in [1.54, 1.807) is 18.2 Å². The largest absolute Gasteiger partial charge is 0.359 e. The van der Waals surface area contributed by atoms with Crippen molar-refractivity contribution in [2.45, 2.75) is 6.10 Å². The number of hydrogen-bond acceptors (Lipinski definition) is 4. The molecule has 27 heavy (non-hydrogen) atoms. The van der Waals surface area contributed by atoms with E-state index in [9.17, 15) is 9.59 Å². The Hall–Kier alpha value is -3.51. The zero-order valence-corrected chi connectivity index (χ0v) is 14.5. The van der Waals surface area contributed by atoms with Crippen LogP contribution in [0.15, 0.2) is 85.1 Å². The molecule has 2 aromatic carbocycles. The van der Waals surface area contributed by atoms with Gasteiger partial charge in [0.05, 0.1) is 0 Å². The Morgan fingerprint density at radius 1 is 0.815 bits per heavy atom. The normalized spacial score (nSPS) is 10.4. The Bertz CT molecular complexity index is 831. The molecule has 0 spiro atoms. The third kappa shape index (κ3) is 5.23. The highest BCUT2D eigenvalue weighted by molar-refractivity contribution is 5.93. The summed E-state index contributed by atoms with van der Waals surface area (Å²) < 4.78 is 5.84. The van der Waals surface area contributed by atoms with Crippen LogP contribution in [0.5, 0.6) is 0 Å². The summed E-state index contributed by atoms with van der Waals surface area (Å²) in [6, 6.07) is 24.2. The fourth-order valence-electron chi connectivity index (χ4n) is 2.52. The second kappa shape index (κ2) is 9.26. The summed E-state index contributed by atoms with van der Waals surface area (Å²) >= 11 is 0. The number of benzene rings is 2. The number of hydrazine groups is 1. The van der Waals surface area contributed by atoms with Crippen molar-refractivity contribution in [1.82, 2.24) is 15.8 Å². The van der Waals surface area contributed by atoms with Gasteiger partial charge in [-0.15, -0.1) is 0 Å². The summed E-state index contributed by atoms with van der Waals surface area (Å²) in [5.41, 5.74) is 6.75. The summed E-state index contributed by atoms with van der Waals surface area (Å²) in [4.78, 5) is 27.9. The van der Waals surface area contributed by atoms with Crippen molar-refractivity contribution in [3.8, 4) is 0 Å². The number of hydrogen-bond donors (Lipinski definition) is 2. The van der Waals surface area contributed by atoms with E-state index in [0.717, 1.165) is 11.1 Å². The number of pyridine rings is 1. The molecule has 2 amide bonds. The number of rotatable bonds is 6. The van der Waals surface area contributed by atoms with Crippen molar-refractivity contribution in [3.05, 3.63) is 102 Å². The zero-order valence-electron chi connectivity index (χ0n) is 14.5. The topological polar surface area (TPSA) is 80.3 Å². The van der Waals surface area contributed by atoms with E-state index in [1.807, 2.05) is 60.7 Å². The summed E-state index contributed by atoms with van der Waals surface area (Å²) in [7, 11) is 0. The highest BCUT2D eigenvalue weighted by atomic mass is 16.5. The summed E-state index contributed by atoms with van der Waals surface area (Å²) in [6.07, 6.45) is 1.12. The number of amides is 2. The Balaban J connectivity index is 1.59. The van der Waals surface area contributed by atoms with Crippen LogP contribution in [0.1, 0.15) is 27.7 Å². The molecule has 0 bridgehead atoms. The minimum absolute atomic E-state index is 0.211.